The van der Waals surface area contributed by atoms with E-state index in [0.29, 0.717) is 0 Å². The maximum absolute atomic E-state index is 13.3. The molecule has 2 rings (SSSR count). The molecular weight excluding hydrogens is 289 g/mol. The Morgan fingerprint density at radius 1 is 1.31 bits per heavy atom. The van der Waals surface area contributed by atoms with Crippen LogP contribution in [0.15, 0.2) is 33.4 Å². The van der Waals surface area contributed by atoms with Gasteiger partial charge in [0.05, 0.1) is 0 Å². The number of halogens is 2. The van der Waals surface area contributed by atoms with E-state index >= 15 is 0 Å². The molecule has 1 aromatic carbocycles. The Morgan fingerprint density at radius 3 is 2.75 bits per heavy atom. The van der Waals surface area contributed by atoms with E-state index in [2.05, 4.69) is 21.2 Å². The summed E-state index contributed by atoms with van der Waals surface area (Å²) in [5, 5.41) is 7.12. The highest BCUT2D eigenvalue weighted by Gasteiger charge is 2.10. The van der Waals surface area contributed by atoms with Gasteiger partial charge >= 0.3 is 0 Å². The van der Waals surface area contributed by atoms with Crippen molar-refractivity contribution in [2.75, 3.05) is 7.05 Å². The minimum atomic E-state index is -0.201. The van der Waals surface area contributed by atoms with Gasteiger partial charge in [-0.05, 0) is 51.6 Å². The van der Waals surface area contributed by atoms with Crippen LogP contribution in [0, 0.1) is 5.82 Å². The summed E-state index contributed by atoms with van der Waals surface area (Å²) in [6.45, 7) is 0.734. The lowest BCUT2D eigenvalue weighted by Gasteiger charge is -2.08. The highest BCUT2D eigenvalue weighted by molar-refractivity contribution is 9.10. The number of benzene rings is 1. The third kappa shape index (κ3) is 2.34. The summed E-state index contributed by atoms with van der Waals surface area (Å²) in [6, 6.07) is 4.90. The van der Waals surface area contributed by atoms with Crippen LogP contribution in [0.25, 0.3) is 11.1 Å². The van der Waals surface area contributed by atoms with Crippen LogP contribution in [0.2, 0.25) is 0 Å². The molecule has 4 heteroatoms. The normalized spacial score (nSPS) is 10.7. The van der Waals surface area contributed by atoms with Crippen molar-refractivity contribution in [3.8, 4) is 11.1 Å². The molecule has 0 amide bonds. The van der Waals surface area contributed by atoms with Gasteiger partial charge in [0.1, 0.15) is 5.82 Å². The van der Waals surface area contributed by atoms with E-state index in [1.165, 1.54) is 6.07 Å². The van der Waals surface area contributed by atoms with Gasteiger partial charge in [0, 0.05) is 22.0 Å². The summed E-state index contributed by atoms with van der Waals surface area (Å²) < 4.78 is 14.3. The van der Waals surface area contributed by atoms with Crippen molar-refractivity contribution < 1.29 is 4.39 Å². The smallest absolute Gasteiger partial charge is 0.123 e. The fourth-order valence-corrected chi connectivity index (χ4v) is 3.13. The maximum Gasteiger partial charge on any atom is 0.123 e. The molecule has 0 aliphatic heterocycles. The van der Waals surface area contributed by atoms with Gasteiger partial charge in [0.15, 0.2) is 0 Å². The highest BCUT2D eigenvalue weighted by Crippen LogP contribution is 2.34. The average molecular weight is 300 g/mol. The Bertz CT molecular complexity index is 496. The van der Waals surface area contributed by atoms with E-state index in [-0.39, 0.29) is 5.82 Å². The van der Waals surface area contributed by atoms with Crippen molar-refractivity contribution in [2.45, 2.75) is 6.54 Å². The van der Waals surface area contributed by atoms with Gasteiger partial charge in [-0.2, -0.15) is 11.3 Å². The van der Waals surface area contributed by atoms with Gasteiger partial charge in [-0.15, -0.1) is 0 Å². The molecule has 0 spiro atoms. The lowest BCUT2D eigenvalue weighted by Crippen LogP contribution is -2.06. The zero-order valence-corrected chi connectivity index (χ0v) is 11.2. The van der Waals surface area contributed by atoms with Crippen LogP contribution in [0.5, 0.6) is 0 Å². The second-order valence-corrected chi connectivity index (χ2v) is 5.06. The summed E-state index contributed by atoms with van der Waals surface area (Å²) in [6.07, 6.45) is 0. The third-order valence-corrected chi connectivity index (χ3v) is 4.05. The van der Waals surface area contributed by atoms with Gasteiger partial charge in [-0.3, -0.25) is 0 Å². The molecule has 0 unspecified atom stereocenters. The van der Waals surface area contributed by atoms with Crippen LogP contribution < -0.4 is 5.32 Å². The lowest BCUT2D eigenvalue weighted by atomic mass is 10.0. The Labute approximate surface area is 106 Å². The molecule has 1 N–H and O–H groups in total. The molecule has 0 saturated carbocycles. The first-order chi connectivity index (χ1) is 7.72. The molecule has 1 nitrogen and oxygen atoms in total. The molecule has 0 bridgehead atoms. The highest BCUT2D eigenvalue weighted by atomic mass is 79.9. The molecule has 0 radical (unpaired) electrons. The van der Waals surface area contributed by atoms with E-state index in [4.69, 9.17) is 0 Å². The van der Waals surface area contributed by atoms with Crippen LogP contribution in [0.3, 0.4) is 0 Å². The Morgan fingerprint density at radius 2 is 2.12 bits per heavy atom. The van der Waals surface area contributed by atoms with E-state index in [1.54, 1.807) is 17.4 Å². The van der Waals surface area contributed by atoms with Crippen molar-refractivity contribution in [1.82, 2.24) is 5.32 Å². The molecule has 16 heavy (non-hydrogen) atoms. The van der Waals surface area contributed by atoms with Gasteiger partial charge in [-0.25, -0.2) is 4.39 Å². The number of hydrogen-bond donors (Lipinski definition) is 1. The first kappa shape index (κ1) is 11.8. The third-order valence-electron chi connectivity index (χ3n) is 2.34. The number of nitrogens with one attached hydrogen (secondary N) is 1. The van der Waals surface area contributed by atoms with Gasteiger partial charge < -0.3 is 5.32 Å². The standard InChI is InChI=1S/C12H11BrFNS/c1-15-5-8-2-3-9(14)4-10(8)11-6-16-7-12(11)13/h2-4,6-7,15H,5H2,1H3. The van der Waals surface area contributed by atoms with Crippen LogP contribution in [0.4, 0.5) is 4.39 Å². The van der Waals surface area contributed by atoms with Crippen molar-refractivity contribution in [2.24, 2.45) is 0 Å². The zero-order chi connectivity index (χ0) is 11.5. The molecule has 84 valence electrons. The molecule has 0 aliphatic rings. The van der Waals surface area contributed by atoms with Crippen LogP contribution in [-0.2, 0) is 6.54 Å². The van der Waals surface area contributed by atoms with E-state index in [0.717, 1.165) is 27.7 Å². The predicted molar refractivity (Wildman–Crippen MR) is 70.2 cm³/mol. The van der Waals surface area contributed by atoms with Gasteiger partial charge in [0.25, 0.3) is 0 Å². The first-order valence-electron chi connectivity index (χ1n) is 4.87. The van der Waals surface area contributed by atoms with Crippen molar-refractivity contribution in [3.05, 3.63) is 44.8 Å². The number of hydrogen-bond acceptors (Lipinski definition) is 2. The monoisotopic (exact) mass is 299 g/mol. The number of rotatable bonds is 3. The van der Waals surface area contributed by atoms with Crippen molar-refractivity contribution >= 4 is 27.3 Å². The summed E-state index contributed by atoms with van der Waals surface area (Å²) in [4.78, 5) is 0. The zero-order valence-electron chi connectivity index (χ0n) is 8.76. The Kier molecular flexibility index (Phi) is 3.74. The fourth-order valence-electron chi connectivity index (χ4n) is 1.62. The van der Waals surface area contributed by atoms with Crippen LogP contribution in [-0.4, -0.2) is 7.05 Å². The predicted octanol–water partition coefficient (Wildman–Crippen LogP) is 4.04. The number of thiophene rings is 1. The largest absolute Gasteiger partial charge is 0.316 e. The van der Waals surface area contributed by atoms with Crippen LogP contribution in [0.1, 0.15) is 5.56 Å². The quantitative estimate of drug-likeness (QED) is 0.902. The fraction of sp³-hybridized carbons (Fsp3) is 0.167. The molecule has 1 aromatic heterocycles. The average Bonchev–Trinajstić information content (AvgIpc) is 2.67. The van der Waals surface area contributed by atoms with Crippen LogP contribution >= 0.6 is 27.3 Å². The van der Waals surface area contributed by atoms with Gasteiger partial charge in [-0.1, -0.05) is 6.07 Å². The van der Waals surface area contributed by atoms with E-state index < -0.39 is 0 Å². The summed E-state index contributed by atoms with van der Waals surface area (Å²) >= 11 is 5.08. The van der Waals surface area contributed by atoms with Crippen molar-refractivity contribution in [1.29, 1.82) is 0 Å². The Balaban J connectivity index is 2.53. The SMILES string of the molecule is CNCc1ccc(F)cc1-c1cscc1Br. The summed E-state index contributed by atoms with van der Waals surface area (Å²) in [5.74, 6) is -0.201. The summed E-state index contributed by atoms with van der Waals surface area (Å²) in [5.41, 5.74) is 3.10. The van der Waals surface area contributed by atoms with Crippen molar-refractivity contribution in [3.63, 3.8) is 0 Å². The van der Waals surface area contributed by atoms with E-state index in [1.807, 2.05) is 23.9 Å². The molecule has 2 aromatic rings. The molecular formula is C12H11BrFNS. The molecule has 0 fully saturated rings. The minimum absolute atomic E-state index is 0.201. The topological polar surface area (TPSA) is 12.0 Å². The van der Waals surface area contributed by atoms with E-state index in [9.17, 15) is 4.39 Å². The first-order valence-corrected chi connectivity index (χ1v) is 6.61. The maximum atomic E-state index is 13.3. The molecule has 0 atom stereocenters. The molecule has 0 aliphatic carbocycles. The second kappa shape index (κ2) is 5.08. The summed E-state index contributed by atoms with van der Waals surface area (Å²) in [7, 11) is 1.88. The minimum Gasteiger partial charge on any atom is -0.316 e. The molecule has 0 saturated heterocycles. The molecule has 1 heterocycles. The Hall–Kier alpha value is -0.710. The second-order valence-electron chi connectivity index (χ2n) is 3.47. The lowest BCUT2D eigenvalue weighted by molar-refractivity contribution is 0.627. The van der Waals surface area contributed by atoms with Gasteiger partial charge in [0.2, 0.25) is 0 Å².